The van der Waals surface area contributed by atoms with E-state index < -0.39 is 11.6 Å². The molecular weight excluding hydrogens is 152 g/mol. The Morgan fingerprint density at radius 1 is 1.45 bits per heavy atom. The van der Waals surface area contributed by atoms with Crippen molar-refractivity contribution in [2.45, 2.75) is 23.8 Å². The van der Waals surface area contributed by atoms with Crippen LogP contribution < -0.4 is 0 Å². The maximum atomic E-state index is 10.4. The SMILES string of the molecule is O=CC12OC1C1OC1(CO)O2. The van der Waals surface area contributed by atoms with Crippen LogP contribution in [0.4, 0.5) is 0 Å². The van der Waals surface area contributed by atoms with Crippen LogP contribution in [0, 0.1) is 0 Å². The molecule has 0 aromatic heterocycles. The summed E-state index contributed by atoms with van der Waals surface area (Å²) < 4.78 is 15.1. The number of carbonyl (C=O) groups is 1. The second-order valence-corrected chi connectivity index (χ2v) is 2.99. The summed E-state index contributed by atoms with van der Waals surface area (Å²) in [4.78, 5) is 10.4. The Bertz CT molecular complexity index is 241. The van der Waals surface area contributed by atoms with Gasteiger partial charge in [0.2, 0.25) is 5.79 Å². The first-order valence-electron chi connectivity index (χ1n) is 3.39. The summed E-state index contributed by atoms with van der Waals surface area (Å²) in [7, 11) is 0. The molecule has 4 unspecified atom stereocenters. The van der Waals surface area contributed by atoms with Crippen LogP contribution >= 0.6 is 0 Å². The van der Waals surface area contributed by atoms with Crippen molar-refractivity contribution < 1.29 is 24.1 Å². The maximum absolute atomic E-state index is 10.4. The molecule has 0 amide bonds. The number of aliphatic hydroxyl groups is 1. The quantitative estimate of drug-likeness (QED) is 0.387. The topological polar surface area (TPSA) is 71.6 Å². The molecule has 4 atom stereocenters. The number of hydrogen-bond acceptors (Lipinski definition) is 5. The minimum atomic E-state index is -1.08. The highest BCUT2D eigenvalue weighted by atomic mass is 16.9. The second kappa shape index (κ2) is 1.36. The van der Waals surface area contributed by atoms with Crippen LogP contribution in [0.3, 0.4) is 0 Å². The van der Waals surface area contributed by atoms with Gasteiger partial charge in [0.15, 0.2) is 12.4 Å². The Balaban J connectivity index is 1.90. The zero-order chi connectivity index (χ0) is 7.69. The summed E-state index contributed by atoms with van der Waals surface area (Å²) in [5.74, 6) is -1.99. The Labute approximate surface area is 61.8 Å². The van der Waals surface area contributed by atoms with E-state index in [1.807, 2.05) is 0 Å². The maximum Gasteiger partial charge on any atom is 0.259 e. The van der Waals surface area contributed by atoms with E-state index in [0.717, 1.165) is 0 Å². The lowest BCUT2D eigenvalue weighted by atomic mass is 10.2. The molecule has 3 heterocycles. The van der Waals surface area contributed by atoms with Gasteiger partial charge >= 0.3 is 0 Å². The molecule has 0 aliphatic carbocycles. The van der Waals surface area contributed by atoms with E-state index in [1.165, 1.54) is 0 Å². The van der Waals surface area contributed by atoms with Crippen LogP contribution in [0.5, 0.6) is 0 Å². The van der Waals surface area contributed by atoms with Gasteiger partial charge in [-0.15, -0.1) is 0 Å². The van der Waals surface area contributed by atoms with Crippen LogP contribution in [0.25, 0.3) is 0 Å². The van der Waals surface area contributed by atoms with E-state index in [9.17, 15) is 4.79 Å². The summed E-state index contributed by atoms with van der Waals surface area (Å²) in [6, 6.07) is 0. The van der Waals surface area contributed by atoms with E-state index in [2.05, 4.69) is 0 Å². The zero-order valence-corrected chi connectivity index (χ0v) is 5.52. The molecule has 0 saturated carbocycles. The summed E-state index contributed by atoms with van der Waals surface area (Å²) in [6.07, 6.45) is 0.0924. The molecule has 0 aromatic carbocycles. The molecule has 3 aliphatic heterocycles. The van der Waals surface area contributed by atoms with Gasteiger partial charge in [-0.2, -0.15) is 0 Å². The van der Waals surface area contributed by atoms with Gasteiger partial charge < -0.3 is 19.3 Å². The number of epoxide rings is 2. The van der Waals surface area contributed by atoms with Crippen LogP contribution in [0.15, 0.2) is 0 Å². The van der Waals surface area contributed by atoms with Gasteiger partial charge in [0.1, 0.15) is 12.7 Å². The predicted octanol–water partition coefficient (Wildman–Crippen LogP) is -1.60. The highest BCUT2D eigenvalue weighted by Crippen LogP contribution is 2.62. The lowest BCUT2D eigenvalue weighted by molar-refractivity contribution is -0.167. The van der Waals surface area contributed by atoms with Crippen LogP contribution in [0.2, 0.25) is 0 Å². The monoisotopic (exact) mass is 158 g/mol. The van der Waals surface area contributed by atoms with Crippen molar-refractivity contribution in [2.24, 2.45) is 0 Å². The average Bonchev–Trinajstić information content (AvgIpc) is 2.90. The summed E-state index contributed by atoms with van der Waals surface area (Å²) in [5.41, 5.74) is 0. The van der Waals surface area contributed by atoms with Crippen LogP contribution in [-0.2, 0) is 19.0 Å². The van der Waals surface area contributed by atoms with E-state index >= 15 is 0 Å². The van der Waals surface area contributed by atoms with Crippen molar-refractivity contribution in [3.05, 3.63) is 0 Å². The first kappa shape index (κ1) is 6.07. The highest BCUT2D eigenvalue weighted by molar-refractivity contribution is 5.67. The minimum Gasteiger partial charge on any atom is -0.391 e. The van der Waals surface area contributed by atoms with Crippen molar-refractivity contribution in [2.75, 3.05) is 6.61 Å². The zero-order valence-electron chi connectivity index (χ0n) is 5.52. The Morgan fingerprint density at radius 3 is 2.73 bits per heavy atom. The number of fused-ring (bicyclic) bond motifs is 3. The lowest BCUT2D eigenvalue weighted by Crippen LogP contribution is -2.28. The van der Waals surface area contributed by atoms with E-state index in [-0.39, 0.29) is 18.8 Å². The number of ether oxygens (including phenoxy) is 3. The van der Waals surface area contributed by atoms with Gasteiger partial charge in [0.25, 0.3) is 5.79 Å². The third kappa shape index (κ3) is 0.478. The van der Waals surface area contributed by atoms with Crippen LogP contribution in [-0.4, -0.2) is 41.8 Å². The molecule has 0 spiro atoms. The summed E-state index contributed by atoms with van der Waals surface area (Å²) in [5, 5.41) is 8.79. The lowest BCUT2D eigenvalue weighted by Gasteiger charge is -2.09. The minimum absolute atomic E-state index is 0.215. The Hall–Kier alpha value is -0.490. The summed E-state index contributed by atoms with van der Waals surface area (Å²) in [6.45, 7) is -0.215. The van der Waals surface area contributed by atoms with Crippen LogP contribution in [0.1, 0.15) is 0 Å². The van der Waals surface area contributed by atoms with Crippen molar-refractivity contribution in [1.29, 1.82) is 0 Å². The molecule has 5 heteroatoms. The molecule has 0 aromatic rings. The third-order valence-corrected chi connectivity index (χ3v) is 2.35. The van der Waals surface area contributed by atoms with Gasteiger partial charge in [-0.25, -0.2) is 0 Å². The number of aldehydes is 1. The molecule has 3 rings (SSSR count). The molecule has 0 radical (unpaired) electrons. The second-order valence-electron chi connectivity index (χ2n) is 2.99. The fraction of sp³-hybridized carbons (Fsp3) is 0.833. The predicted molar refractivity (Wildman–Crippen MR) is 29.4 cm³/mol. The van der Waals surface area contributed by atoms with Crippen molar-refractivity contribution >= 4 is 6.29 Å². The molecular formula is C6H6O5. The average molecular weight is 158 g/mol. The fourth-order valence-corrected chi connectivity index (χ4v) is 1.62. The Morgan fingerprint density at radius 2 is 2.27 bits per heavy atom. The normalized spacial score (nSPS) is 63.4. The molecule has 3 saturated heterocycles. The van der Waals surface area contributed by atoms with Gasteiger partial charge in [0.05, 0.1) is 0 Å². The van der Waals surface area contributed by atoms with Gasteiger partial charge in [-0.05, 0) is 0 Å². The molecule has 11 heavy (non-hydrogen) atoms. The number of hydrogen-bond donors (Lipinski definition) is 1. The molecule has 60 valence electrons. The van der Waals surface area contributed by atoms with E-state index in [4.69, 9.17) is 19.3 Å². The number of carbonyl (C=O) groups excluding carboxylic acids is 1. The van der Waals surface area contributed by atoms with Crippen molar-refractivity contribution in [1.82, 2.24) is 0 Å². The summed E-state index contributed by atoms with van der Waals surface area (Å²) >= 11 is 0. The first-order valence-corrected chi connectivity index (χ1v) is 3.39. The largest absolute Gasteiger partial charge is 0.391 e. The number of aliphatic hydroxyl groups excluding tert-OH is 1. The smallest absolute Gasteiger partial charge is 0.259 e. The number of rotatable bonds is 2. The van der Waals surface area contributed by atoms with Gasteiger partial charge in [0, 0.05) is 0 Å². The molecule has 1 N–H and O–H groups in total. The van der Waals surface area contributed by atoms with E-state index in [0.29, 0.717) is 6.29 Å². The van der Waals surface area contributed by atoms with Gasteiger partial charge in [-0.1, -0.05) is 0 Å². The molecule has 0 bridgehead atoms. The van der Waals surface area contributed by atoms with E-state index in [1.54, 1.807) is 0 Å². The van der Waals surface area contributed by atoms with Crippen molar-refractivity contribution in [3.8, 4) is 0 Å². The standard InChI is InChI=1S/C6H6O5/c7-1-5-3(9-5)4-6(2-8,10-4)11-5/h1,3-4,8H,2H2. The highest BCUT2D eigenvalue weighted by Gasteiger charge is 2.85. The van der Waals surface area contributed by atoms with Crippen molar-refractivity contribution in [3.63, 3.8) is 0 Å². The molecule has 3 aliphatic rings. The third-order valence-electron chi connectivity index (χ3n) is 2.35. The van der Waals surface area contributed by atoms with Gasteiger partial charge in [-0.3, -0.25) is 4.79 Å². The Kier molecular flexibility index (Phi) is 0.750. The molecule has 5 nitrogen and oxygen atoms in total. The first-order chi connectivity index (χ1) is 5.26. The molecule has 3 fully saturated rings. The fourth-order valence-electron chi connectivity index (χ4n) is 1.62.